The number of nitrogens with one attached hydrogen (secondary N) is 2. The van der Waals surface area contributed by atoms with Crippen molar-refractivity contribution in [1.29, 1.82) is 0 Å². The van der Waals surface area contributed by atoms with Crippen LogP contribution in [0.15, 0.2) is 30.4 Å². The van der Waals surface area contributed by atoms with Crippen LogP contribution in [0.2, 0.25) is 0 Å². The third-order valence-corrected chi connectivity index (χ3v) is 14.3. The van der Waals surface area contributed by atoms with Crippen molar-refractivity contribution in [3.05, 3.63) is 41.5 Å². The highest BCUT2D eigenvalue weighted by molar-refractivity contribution is 7.90. The lowest BCUT2D eigenvalue weighted by Crippen LogP contribution is -2.57. The molecule has 2 N–H and O–H groups in total. The number of ether oxygens (including phenoxy) is 3. The van der Waals surface area contributed by atoms with Crippen molar-refractivity contribution in [2.24, 2.45) is 22.2 Å². The molecule has 5 atom stereocenters. The third kappa shape index (κ3) is 8.36. The van der Waals surface area contributed by atoms with Crippen LogP contribution in [-0.2, 0) is 47.0 Å². The molecule has 3 aliphatic heterocycles. The monoisotopic (exact) mass is 782 g/mol. The summed E-state index contributed by atoms with van der Waals surface area (Å²) < 4.78 is 45.6. The molecule has 300 valence electrons. The number of rotatable bonds is 7. The van der Waals surface area contributed by atoms with E-state index in [1.807, 2.05) is 31.2 Å². The van der Waals surface area contributed by atoms with E-state index in [4.69, 9.17) is 14.2 Å². The van der Waals surface area contributed by atoms with Gasteiger partial charge >= 0.3 is 12.2 Å². The topological polar surface area (TPSA) is 178 Å². The first-order valence-electron chi connectivity index (χ1n) is 19.7. The molecular formula is C40H54N4O10S. The standard InChI is InChI=1S/C40H54N4O10S/c1-5-26-19-40(26,35(47)42-55(50,51)28-12-13-28)20-31(45)30-18-27-22-44(30)34(46)33(38(2,3)4)41-36(48)53-24-39(15-16-39)14-7-6-8-17-52-32-11-9-10-25-21-43(23-29(25)32)37(49)54-27/h6,8-11,26-28,30,33H,5,7,12-24H2,1-4H3,(H,41,48)(H,42,47)/b8-6+/t26-,27+,30?,33+,40-/m0/s1. The highest BCUT2D eigenvalue weighted by Gasteiger charge is 2.62. The number of nitrogens with zero attached hydrogens (tertiary/aromatic N) is 2. The fourth-order valence-electron chi connectivity index (χ4n) is 8.47. The lowest BCUT2D eigenvalue weighted by Gasteiger charge is -2.35. The van der Waals surface area contributed by atoms with Gasteiger partial charge in [0.2, 0.25) is 21.8 Å². The van der Waals surface area contributed by atoms with Gasteiger partial charge in [-0.3, -0.25) is 24.0 Å². The van der Waals surface area contributed by atoms with Crippen LogP contribution in [0.1, 0.15) is 103 Å². The first kappa shape index (κ1) is 39.1. The van der Waals surface area contributed by atoms with Crippen LogP contribution in [0.5, 0.6) is 5.75 Å². The third-order valence-electron chi connectivity index (χ3n) is 12.4. The number of benzene rings is 1. The smallest absolute Gasteiger partial charge is 0.410 e. The van der Waals surface area contributed by atoms with E-state index in [9.17, 15) is 32.4 Å². The molecule has 1 aromatic carbocycles. The molecule has 4 amide bonds. The van der Waals surface area contributed by atoms with Crippen LogP contribution in [0.25, 0.3) is 0 Å². The van der Waals surface area contributed by atoms with Crippen LogP contribution in [0.3, 0.4) is 0 Å². The van der Waals surface area contributed by atoms with Gasteiger partial charge in [-0.2, -0.15) is 0 Å². The number of cyclic esters (lactones) is 1. The average molecular weight is 783 g/mol. The fraction of sp³-hybridized carbons (Fsp3) is 0.675. The Labute approximate surface area is 323 Å². The SMILES string of the molecule is CC[C@H]1C[C@@]1(CC(=O)C1C[C@@H]2CN1C(=O)[C@H](C(C)(C)C)NC(=O)OCC1(CC/C=C/COc3cccc4c3CN(C4)C(=O)O2)CC1)C(=O)NS(=O)(=O)C1CC1. The number of allylic oxidation sites excluding steroid dienone is 1. The van der Waals surface area contributed by atoms with Gasteiger partial charge in [-0.1, -0.05) is 58.4 Å². The number of carbonyl (C=O) groups excluding carboxylic acids is 5. The Bertz CT molecular complexity index is 1870. The van der Waals surface area contributed by atoms with Crippen molar-refractivity contribution in [2.45, 2.75) is 128 Å². The van der Waals surface area contributed by atoms with Gasteiger partial charge in [0.25, 0.3) is 0 Å². The summed E-state index contributed by atoms with van der Waals surface area (Å²) in [7, 11) is -3.85. The van der Waals surface area contributed by atoms with Crippen LogP contribution in [0, 0.1) is 22.2 Å². The van der Waals surface area contributed by atoms with Gasteiger partial charge in [-0.15, -0.1) is 0 Å². The molecule has 3 heterocycles. The molecule has 1 saturated heterocycles. The van der Waals surface area contributed by atoms with Gasteiger partial charge in [-0.25, -0.2) is 18.0 Å². The van der Waals surface area contributed by atoms with Crippen molar-refractivity contribution in [3.63, 3.8) is 0 Å². The van der Waals surface area contributed by atoms with E-state index >= 15 is 0 Å². The number of carbonyl (C=O) groups is 5. The predicted molar refractivity (Wildman–Crippen MR) is 200 cm³/mol. The minimum absolute atomic E-state index is 0.0174. The minimum Gasteiger partial charge on any atom is -0.489 e. The Kier molecular flexibility index (Phi) is 10.5. The highest BCUT2D eigenvalue weighted by Crippen LogP contribution is 2.58. The molecule has 0 radical (unpaired) electrons. The summed E-state index contributed by atoms with van der Waals surface area (Å²) in [6, 6.07) is 3.52. The molecule has 7 rings (SSSR count). The van der Waals surface area contributed by atoms with Gasteiger partial charge in [0.05, 0.1) is 36.4 Å². The van der Waals surface area contributed by atoms with E-state index in [0.717, 1.165) is 36.8 Å². The van der Waals surface area contributed by atoms with Crippen LogP contribution in [-0.4, -0.2) is 91.2 Å². The van der Waals surface area contributed by atoms with Crippen LogP contribution in [0.4, 0.5) is 9.59 Å². The summed E-state index contributed by atoms with van der Waals surface area (Å²) >= 11 is 0. The van der Waals surface area contributed by atoms with E-state index in [1.54, 1.807) is 25.7 Å². The molecule has 1 aromatic rings. The van der Waals surface area contributed by atoms with Crippen LogP contribution >= 0.6 is 0 Å². The maximum absolute atomic E-state index is 14.6. The molecule has 3 saturated carbocycles. The van der Waals surface area contributed by atoms with Gasteiger partial charge in [0, 0.05) is 30.4 Å². The lowest BCUT2D eigenvalue weighted by atomic mass is 9.85. The zero-order valence-electron chi connectivity index (χ0n) is 32.3. The van der Waals surface area contributed by atoms with Gasteiger partial charge in [-0.05, 0) is 67.9 Å². The van der Waals surface area contributed by atoms with E-state index in [1.165, 1.54) is 4.90 Å². The van der Waals surface area contributed by atoms with E-state index < -0.39 is 74.1 Å². The number of sulfonamides is 1. The molecule has 4 fully saturated rings. The fourth-order valence-corrected chi connectivity index (χ4v) is 9.85. The van der Waals surface area contributed by atoms with Crippen LogP contribution < -0.4 is 14.8 Å². The molecule has 1 spiro atoms. The zero-order chi connectivity index (χ0) is 39.3. The van der Waals surface area contributed by atoms with E-state index in [-0.39, 0.29) is 43.9 Å². The van der Waals surface area contributed by atoms with Crippen molar-refractivity contribution in [2.75, 3.05) is 19.8 Å². The molecule has 0 aromatic heterocycles. The number of hydrogen-bond acceptors (Lipinski definition) is 10. The van der Waals surface area contributed by atoms with Crippen molar-refractivity contribution in [1.82, 2.24) is 19.8 Å². The second kappa shape index (κ2) is 14.7. The lowest BCUT2D eigenvalue weighted by molar-refractivity contribution is -0.142. The zero-order valence-corrected chi connectivity index (χ0v) is 33.1. The second-order valence-electron chi connectivity index (χ2n) is 17.6. The first-order chi connectivity index (χ1) is 26.0. The maximum Gasteiger partial charge on any atom is 0.410 e. The predicted octanol–water partition coefficient (Wildman–Crippen LogP) is 4.74. The quantitative estimate of drug-likeness (QED) is 0.367. The van der Waals surface area contributed by atoms with E-state index in [0.29, 0.717) is 44.6 Å². The Morgan fingerprint density at radius 2 is 1.80 bits per heavy atom. The van der Waals surface area contributed by atoms with Gasteiger partial charge in [0.15, 0.2) is 5.78 Å². The summed E-state index contributed by atoms with van der Waals surface area (Å²) in [5, 5.41) is 2.18. The molecule has 14 nitrogen and oxygen atoms in total. The Morgan fingerprint density at radius 3 is 2.47 bits per heavy atom. The Hall–Kier alpha value is -4.14. The Balaban J connectivity index is 1.15. The van der Waals surface area contributed by atoms with Crippen molar-refractivity contribution >= 4 is 39.8 Å². The number of Topliss-reactive ketones (excluding diaryl/α,β-unsaturated/α-hetero) is 1. The van der Waals surface area contributed by atoms with Gasteiger partial charge < -0.3 is 24.4 Å². The van der Waals surface area contributed by atoms with Crippen molar-refractivity contribution in [3.8, 4) is 5.75 Å². The van der Waals surface area contributed by atoms with E-state index in [2.05, 4.69) is 16.1 Å². The molecular weight excluding hydrogens is 729 g/mol. The molecule has 6 aliphatic rings. The summed E-state index contributed by atoms with van der Waals surface area (Å²) in [4.78, 5) is 72.5. The number of amides is 4. The summed E-state index contributed by atoms with van der Waals surface area (Å²) in [5.41, 5.74) is -0.314. The normalized spacial score (nSPS) is 30.2. The first-order valence-corrected chi connectivity index (χ1v) is 21.3. The Morgan fingerprint density at radius 1 is 1.04 bits per heavy atom. The maximum atomic E-state index is 14.6. The number of fused-ring (bicyclic) bond motifs is 3. The van der Waals surface area contributed by atoms with Crippen molar-refractivity contribution < 1.29 is 46.6 Å². The summed E-state index contributed by atoms with van der Waals surface area (Å²) in [6.07, 6.45) is 6.89. The summed E-state index contributed by atoms with van der Waals surface area (Å²) in [6.45, 7) is 8.34. The average Bonchev–Trinajstić information content (AvgIpc) is 4.08. The number of ketones is 1. The molecule has 1 unspecified atom stereocenters. The van der Waals surface area contributed by atoms with Gasteiger partial charge in [0.1, 0.15) is 24.5 Å². The number of hydrogen-bond donors (Lipinski definition) is 2. The number of alkyl carbamates (subject to hydrolysis) is 1. The molecule has 15 heteroatoms. The molecule has 3 aliphatic carbocycles. The molecule has 55 heavy (non-hydrogen) atoms. The summed E-state index contributed by atoms with van der Waals surface area (Å²) in [5.74, 6) is -1.18. The minimum atomic E-state index is -3.85. The second-order valence-corrected chi connectivity index (χ2v) is 19.6. The molecule has 4 bridgehead atoms. The highest BCUT2D eigenvalue weighted by atomic mass is 32.2. The largest absolute Gasteiger partial charge is 0.489 e.